The molecule has 2 aromatic carbocycles. The summed E-state index contributed by atoms with van der Waals surface area (Å²) in [6.45, 7) is 3.73. The van der Waals surface area contributed by atoms with Gasteiger partial charge in [0.15, 0.2) is 23.2 Å². The molecule has 156 valence electrons. The van der Waals surface area contributed by atoms with Crippen LogP contribution in [0.5, 0.6) is 5.75 Å². The Morgan fingerprint density at radius 1 is 1.17 bits per heavy atom. The average molecular weight is 407 g/mol. The van der Waals surface area contributed by atoms with Crippen LogP contribution in [0.3, 0.4) is 0 Å². The summed E-state index contributed by atoms with van der Waals surface area (Å²) in [5.74, 6) is -1.83. The van der Waals surface area contributed by atoms with E-state index in [1.165, 1.54) is 18.2 Å². The van der Waals surface area contributed by atoms with Crippen LogP contribution in [-0.4, -0.2) is 38.3 Å². The maximum absolute atomic E-state index is 13.5. The van der Waals surface area contributed by atoms with E-state index in [2.05, 4.69) is 10.6 Å². The van der Waals surface area contributed by atoms with Gasteiger partial charge in [-0.2, -0.15) is 0 Å². The van der Waals surface area contributed by atoms with E-state index in [9.17, 15) is 18.0 Å². The first-order valence-corrected chi connectivity index (χ1v) is 9.54. The maximum atomic E-state index is 13.5. The molecule has 3 rings (SSSR count). The van der Waals surface area contributed by atoms with E-state index < -0.39 is 17.5 Å². The van der Waals surface area contributed by atoms with Gasteiger partial charge in [0.25, 0.3) is 0 Å². The number of hydrogen-bond acceptors (Lipinski definition) is 3. The second kappa shape index (κ2) is 9.54. The van der Waals surface area contributed by atoms with E-state index in [0.717, 1.165) is 12.5 Å². The topological polar surface area (TPSA) is 53.6 Å². The Labute approximate surface area is 167 Å². The highest BCUT2D eigenvalue weighted by atomic mass is 19.2. The number of rotatable bonds is 7. The number of anilines is 1. The molecule has 0 radical (unpaired) electrons. The number of halogens is 3. The van der Waals surface area contributed by atoms with Gasteiger partial charge in [0.2, 0.25) is 0 Å². The Morgan fingerprint density at radius 3 is 2.72 bits per heavy atom. The van der Waals surface area contributed by atoms with Crippen molar-refractivity contribution in [3.63, 3.8) is 0 Å². The van der Waals surface area contributed by atoms with Crippen molar-refractivity contribution in [3.8, 4) is 5.75 Å². The van der Waals surface area contributed by atoms with Crippen molar-refractivity contribution in [1.82, 2.24) is 10.6 Å². The summed E-state index contributed by atoms with van der Waals surface area (Å²) in [4.78, 5) is 14.0. The van der Waals surface area contributed by atoms with Crippen molar-refractivity contribution in [2.24, 2.45) is 5.92 Å². The van der Waals surface area contributed by atoms with Crippen molar-refractivity contribution in [3.05, 3.63) is 59.9 Å². The second-order valence-electron chi connectivity index (χ2n) is 7.20. The Bertz CT molecular complexity index is 850. The Hall–Kier alpha value is -2.90. The molecule has 0 bridgehead atoms. The smallest absolute Gasteiger partial charge is 0.315 e. The van der Waals surface area contributed by atoms with Crippen molar-refractivity contribution in [2.75, 3.05) is 31.1 Å². The van der Waals surface area contributed by atoms with Gasteiger partial charge in [0.1, 0.15) is 6.61 Å². The highest BCUT2D eigenvalue weighted by molar-refractivity contribution is 5.74. The van der Waals surface area contributed by atoms with Crippen LogP contribution < -0.4 is 20.3 Å². The van der Waals surface area contributed by atoms with E-state index in [1.807, 2.05) is 4.90 Å². The molecule has 1 aliphatic heterocycles. The number of hydrogen-bond donors (Lipinski definition) is 2. The minimum Gasteiger partial charge on any atom is -0.488 e. The zero-order valence-electron chi connectivity index (χ0n) is 16.1. The lowest BCUT2D eigenvalue weighted by atomic mass is 10.1. The average Bonchev–Trinajstić information content (AvgIpc) is 3.17. The summed E-state index contributed by atoms with van der Waals surface area (Å²) in [5.41, 5.74) is 0.634. The van der Waals surface area contributed by atoms with Crippen LogP contribution in [0, 0.1) is 23.4 Å². The lowest BCUT2D eigenvalue weighted by Gasteiger charge is -2.19. The third-order valence-corrected chi connectivity index (χ3v) is 4.81. The Kier molecular flexibility index (Phi) is 6.85. The fourth-order valence-electron chi connectivity index (χ4n) is 3.25. The van der Waals surface area contributed by atoms with Crippen molar-refractivity contribution >= 4 is 11.7 Å². The van der Waals surface area contributed by atoms with E-state index in [0.29, 0.717) is 25.3 Å². The number of carbonyl (C=O) groups is 1. The minimum absolute atomic E-state index is 0.141. The molecule has 2 atom stereocenters. The predicted molar refractivity (Wildman–Crippen MR) is 105 cm³/mol. The standard InChI is InChI=1S/C21H24F3N3O2/c1-14(13-29-20-5-3-2-4-18(20)23)26-21(28)25-11-15-8-9-27(12-15)16-6-7-17(22)19(24)10-16/h2-7,10,14-15H,8-9,11-13H2,1H3,(H2,25,26,28). The van der Waals surface area contributed by atoms with Gasteiger partial charge < -0.3 is 20.3 Å². The number of amides is 2. The third-order valence-electron chi connectivity index (χ3n) is 4.81. The van der Waals surface area contributed by atoms with Crippen LogP contribution in [0.4, 0.5) is 23.7 Å². The first-order valence-electron chi connectivity index (χ1n) is 9.54. The van der Waals surface area contributed by atoms with Crippen LogP contribution in [-0.2, 0) is 0 Å². The molecule has 1 aliphatic rings. The quantitative estimate of drug-likeness (QED) is 0.736. The zero-order chi connectivity index (χ0) is 20.8. The van der Waals surface area contributed by atoms with Gasteiger partial charge in [0.05, 0.1) is 6.04 Å². The van der Waals surface area contributed by atoms with Crippen molar-refractivity contribution in [1.29, 1.82) is 0 Å². The molecule has 0 spiro atoms. The lowest BCUT2D eigenvalue weighted by molar-refractivity contribution is 0.223. The van der Waals surface area contributed by atoms with E-state index in [4.69, 9.17) is 4.74 Å². The fourth-order valence-corrected chi connectivity index (χ4v) is 3.25. The Morgan fingerprint density at radius 2 is 1.97 bits per heavy atom. The molecule has 0 aromatic heterocycles. The highest BCUT2D eigenvalue weighted by Crippen LogP contribution is 2.25. The minimum atomic E-state index is -0.866. The molecule has 29 heavy (non-hydrogen) atoms. The van der Waals surface area contributed by atoms with Gasteiger partial charge in [-0.05, 0) is 43.5 Å². The first-order chi connectivity index (χ1) is 13.9. The van der Waals surface area contributed by atoms with E-state index in [-0.39, 0.29) is 30.3 Å². The van der Waals surface area contributed by atoms with E-state index >= 15 is 0 Å². The molecule has 2 unspecified atom stereocenters. The van der Waals surface area contributed by atoms with Crippen LogP contribution in [0.25, 0.3) is 0 Å². The summed E-state index contributed by atoms with van der Waals surface area (Å²) in [5, 5.41) is 5.56. The fraction of sp³-hybridized carbons (Fsp3) is 0.381. The predicted octanol–water partition coefficient (Wildman–Crippen LogP) is 3.70. The first kappa shape index (κ1) is 20.8. The summed E-state index contributed by atoms with van der Waals surface area (Å²) < 4.78 is 45.4. The number of para-hydroxylation sites is 1. The summed E-state index contributed by atoms with van der Waals surface area (Å²) in [6.07, 6.45) is 0.839. The number of carbonyl (C=O) groups excluding carboxylic acids is 1. The van der Waals surface area contributed by atoms with E-state index in [1.54, 1.807) is 25.1 Å². The summed E-state index contributed by atoms with van der Waals surface area (Å²) >= 11 is 0. The number of urea groups is 1. The molecule has 1 saturated heterocycles. The monoisotopic (exact) mass is 407 g/mol. The van der Waals surface area contributed by atoms with Gasteiger partial charge in [-0.1, -0.05) is 12.1 Å². The van der Waals surface area contributed by atoms with Crippen LogP contribution >= 0.6 is 0 Å². The second-order valence-corrected chi connectivity index (χ2v) is 7.20. The molecular weight excluding hydrogens is 383 g/mol. The molecule has 2 aromatic rings. The van der Waals surface area contributed by atoms with Gasteiger partial charge >= 0.3 is 6.03 Å². The lowest BCUT2D eigenvalue weighted by Crippen LogP contribution is -2.44. The number of nitrogens with zero attached hydrogens (tertiary/aromatic N) is 1. The summed E-state index contributed by atoms with van der Waals surface area (Å²) in [6, 6.07) is 9.31. The molecule has 0 saturated carbocycles. The number of nitrogens with one attached hydrogen (secondary N) is 2. The van der Waals surface area contributed by atoms with Crippen LogP contribution in [0.15, 0.2) is 42.5 Å². The molecule has 1 fully saturated rings. The third kappa shape index (κ3) is 5.79. The van der Waals surface area contributed by atoms with Gasteiger partial charge in [0, 0.05) is 31.4 Å². The number of benzene rings is 2. The van der Waals surface area contributed by atoms with Gasteiger partial charge in [-0.15, -0.1) is 0 Å². The van der Waals surface area contributed by atoms with Gasteiger partial charge in [-0.3, -0.25) is 0 Å². The molecule has 8 heteroatoms. The van der Waals surface area contributed by atoms with Crippen LogP contribution in [0.2, 0.25) is 0 Å². The molecule has 1 heterocycles. The van der Waals surface area contributed by atoms with Crippen molar-refractivity contribution in [2.45, 2.75) is 19.4 Å². The normalized spacial score (nSPS) is 17.1. The largest absolute Gasteiger partial charge is 0.488 e. The highest BCUT2D eigenvalue weighted by Gasteiger charge is 2.24. The zero-order valence-corrected chi connectivity index (χ0v) is 16.1. The SMILES string of the molecule is CC(COc1ccccc1F)NC(=O)NCC1CCN(c2ccc(F)c(F)c2)C1. The molecule has 0 aliphatic carbocycles. The van der Waals surface area contributed by atoms with Gasteiger partial charge in [-0.25, -0.2) is 18.0 Å². The van der Waals surface area contributed by atoms with Crippen LogP contribution in [0.1, 0.15) is 13.3 Å². The summed E-state index contributed by atoms with van der Waals surface area (Å²) in [7, 11) is 0. The van der Waals surface area contributed by atoms with Crippen molar-refractivity contribution < 1.29 is 22.7 Å². The molecule has 2 N–H and O–H groups in total. The Balaban J connectivity index is 1.38. The molecular formula is C21H24F3N3O2. The number of ether oxygens (including phenoxy) is 1. The molecule has 2 amide bonds. The molecule has 5 nitrogen and oxygen atoms in total. The maximum Gasteiger partial charge on any atom is 0.315 e.